The average Bonchev–Trinajstić information content (AvgIpc) is 1.53. The summed E-state index contributed by atoms with van der Waals surface area (Å²) in [6.07, 6.45) is -14.8. The standard InChI is InChI=1S/C46H62N4O11.C27H22Cl2N4.C22H43N5O13/c1-22(2)21-50-18-16-46(17-19-50)48-34-31-32-39(54)28(8)42-33(31)43(56)45(10,61-42)59-20-15-30(58-11)25(5)41(60-29(9)51)27(7)38(53)26(6)37(52)23(3)13-12-14-24(4)44(57)47-36(40(32)55)35(34)49-46;1-17(2)30-24-16-27-25(15-23(24)31-20-11-7-18(28)8-12-20)32-22-5-3-4-6-26(22)33(27)21-13-9-19(29)10-14-21;23-2-1-8(29)20(36)27-7-3-6(25)18(39-22-16(34)15(33)13(31)9(4-24)37-22)17(35)19(7)40-21-14(32)11(26)12(30)10(5-28)38-21/h12-15,20,22-23,25-27,30,37-38,41,52-55H,16-19,21H2,1-11H3,(H,47,57);3-17,31H,1-2H3;6-19,21-22,28-35H,1-5,23-26H2,(H,27,36)/b13-12-,20-15-,24-14+;;/t23-,25+,26+,27-,30-,37-,38+,41-,45-;;6-,7+,8-,9+,10+,11-,12+,13+,14+,15-,16+,17-,18+,19-,21+,22+/m0.0/s1. The fourth-order valence-electron chi connectivity index (χ4n) is 18.2. The molecule has 7 heterocycles. The van der Waals surface area contributed by atoms with Gasteiger partial charge in [0.2, 0.25) is 5.91 Å². The highest BCUT2D eigenvalue weighted by Gasteiger charge is 2.55. The molecule has 5 aromatic carbocycles. The number of anilines is 3. The first-order valence-corrected chi connectivity index (χ1v) is 45.8. The van der Waals surface area contributed by atoms with Crippen LogP contribution < -0.4 is 59.7 Å². The molecule has 5 aromatic rings. The molecule has 37 nitrogen and oxygen atoms in total. The first-order valence-electron chi connectivity index (χ1n) is 45.0. The number of nitrogens with one attached hydrogen (secondary N) is 3. The summed E-state index contributed by atoms with van der Waals surface area (Å²) in [7, 11) is 1.47. The lowest BCUT2D eigenvalue weighted by Gasteiger charge is -2.49. The first kappa shape index (κ1) is 104. The van der Waals surface area contributed by atoms with E-state index in [0.29, 0.717) is 41.9 Å². The Morgan fingerprint density at radius 2 is 1.39 bits per heavy atom. The van der Waals surface area contributed by atoms with Gasteiger partial charge in [0.25, 0.3) is 11.7 Å². The van der Waals surface area contributed by atoms with Crippen LogP contribution in [0.2, 0.25) is 10.0 Å². The number of ketones is 1. The summed E-state index contributed by atoms with van der Waals surface area (Å²) in [5.41, 5.74) is 29.1. The number of Topliss-reactive ketones (excluding diaryl/α,β-unsaturated/α-hetero) is 1. The first-order chi connectivity index (χ1) is 63.5. The van der Waals surface area contributed by atoms with Crippen LogP contribution in [0.1, 0.15) is 118 Å². The SMILES string of the molecule is CC(C)N=c1cc2n(-c3ccc(Cl)cc3)c3ccccc3nc-2cc1Nc1ccc(Cl)cc1.CO[C@H]1/C=C\O[C@@]2(C)Oc3c(C)c(O)c4c(O)c(c5c(c4c3C2=O)=NC2(CCN(CC(C)C)CC2)N=5)NC(=O)/C(C)=C/C=C\[C@H](C)[C@H](O)[C@@H](C)[C@@H](O)[C@H](C)[C@@H](OC(C)=O)[C@@H]1C.NCC[C@H](O)C(=O)N[C@@H]1C[C@H](N)[C@@H](O[C@H]2O[C@H](CN)[C@@H](O)[C@H](O)[C@H]2O)[C@H](O)[C@H]1O[C@H]1O[C@H](CO)[C@@H](O)[C@H](N)[C@H]1O. The molecule has 0 aromatic heterocycles. The van der Waals surface area contributed by atoms with E-state index in [1.807, 2.05) is 66.7 Å². The molecule has 730 valence electrons. The van der Waals surface area contributed by atoms with Gasteiger partial charge < -0.3 is 148 Å². The second-order valence-corrected chi connectivity index (χ2v) is 37.3. The Morgan fingerprint density at radius 3 is 2.02 bits per heavy atom. The monoisotopic (exact) mass is 1900 g/mol. The maximum Gasteiger partial charge on any atom is 0.312 e. The van der Waals surface area contributed by atoms with Gasteiger partial charge in [-0.15, -0.1) is 0 Å². The lowest BCUT2D eigenvalue weighted by molar-refractivity contribution is -0.332. The molecule has 1 saturated carbocycles. The van der Waals surface area contributed by atoms with Crippen LogP contribution in [-0.4, -0.2) is 285 Å². The number of benzene rings is 6. The van der Waals surface area contributed by atoms with Crippen molar-refractivity contribution in [3.63, 3.8) is 0 Å². The van der Waals surface area contributed by atoms with Crippen molar-refractivity contribution < 1.29 is 118 Å². The number of aliphatic hydroxyl groups excluding tert-OH is 10. The number of amides is 2. The number of ether oxygens (including phenoxy) is 8. The van der Waals surface area contributed by atoms with Gasteiger partial charge in [0.05, 0.1) is 93.0 Å². The number of carbonyl (C=O) groups is 4. The number of rotatable bonds is 18. The molecule has 1 spiro atoms. The van der Waals surface area contributed by atoms with E-state index >= 15 is 0 Å². The molecule has 23 N–H and O–H groups in total. The fraction of sp³-hybridized carbons (Fsp3) is 0.537. The normalized spacial score (nSPS) is 31.9. The molecule has 3 saturated heterocycles. The molecule has 39 heteroatoms. The van der Waals surface area contributed by atoms with E-state index in [4.69, 9.17) is 104 Å². The number of aromatic hydroxyl groups is 2. The highest BCUT2D eigenvalue weighted by atomic mass is 35.5. The van der Waals surface area contributed by atoms with E-state index in [0.717, 1.165) is 51.4 Å². The Bertz CT molecular complexity index is 5610. The quantitative estimate of drug-likeness (QED) is 0.0330. The number of nitrogens with zero attached hydrogens (tertiary/aromatic N) is 6. The van der Waals surface area contributed by atoms with Crippen molar-refractivity contribution in [2.45, 2.75) is 249 Å². The molecule has 9 aliphatic rings. The van der Waals surface area contributed by atoms with Gasteiger partial charge in [-0.2, -0.15) is 0 Å². The average molecular weight is 1910 g/mol. The van der Waals surface area contributed by atoms with Gasteiger partial charge >= 0.3 is 11.8 Å². The maximum absolute atomic E-state index is 14.7. The second kappa shape index (κ2) is 44.0. The zero-order valence-corrected chi connectivity index (χ0v) is 78.6. The van der Waals surface area contributed by atoms with Crippen molar-refractivity contribution in [1.29, 1.82) is 0 Å². The highest BCUT2D eigenvalue weighted by Crippen LogP contribution is 2.51. The number of halogens is 2. The number of hydrogen-bond donors (Lipinski definition) is 19. The molecule has 4 bridgehead atoms. The van der Waals surface area contributed by atoms with Gasteiger partial charge in [0, 0.05) is 134 Å². The van der Waals surface area contributed by atoms with Crippen LogP contribution in [-0.2, 0) is 47.5 Å². The summed E-state index contributed by atoms with van der Waals surface area (Å²) in [5.74, 6) is -7.29. The smallest absolute Gasteiger partial charge is 0.312 e. The topological polar surface area (TPSA) is 583 Å². The van der Waals surface area contributed by atoms with Gasteiger partial charge in [-0.1, -0.05) is 95.1 Å². The van der Waals surface area contributed by atoms with E-state index in [1.54, 1.807) is 65.8 Å². The Morgan fingerprint density at radius 1 is 0.746 bits per heavy atom. The third kappa shape index (κ3) is 22.4. The number of phenols is 2. The number of aromatic nitrogens is 2. The predicted molar refractivity (Wildman–Crippen MR) is 497 cm³/mol. The van der Waals surface area contributed by atoms with E-state index in [-0.39, 0.29) is 87.3 Å². The summed E-state index contributed by atoms with van der Waals surface area (Å²) in [5, 5.41) is 141. The number of fused-ring (bicyclic) bond motifs is 3. The maximum atomic E-state index is 14.7. The van der Waals surface area contributed by atoms with Crippen LogP contribution in [0.5, 0.6) is 17.2 Å². The van der Waals surface area contributed by atoms with Crippen molar-refractivity contribution in [2.75, 3.05) is 57.1 Å². The number of esters is 1. The summed E-state index contributed by atoms with van der Waals surface area (Å²) in [6, 6.07) is 24.5. The Hall–Kier alpha value is -9.34. The van der Waals surface area contributed by atoms with Crippen LogP contribution >= 0.6 is 23.2 Å². The number of hydrogen-bond acceptors (Lipinski definition) is 34. The van der Waals surface area contributed by atoms with Crippen LogP contribution in [0.25, 0.3) is 38.9 Å². The molecular formula is C95H127Cl2N13O24. The molecule has 4 fully saturated rings. The molecule has 0 unspecified atom stereocenters. The molecule has 134 heavy (non-hydrogen) atoms. The van der Waals surface area contributed by atoms with Crippen molar-refractivity contribution in [2.24, 2.45) is 67.5 Å². The fourth-order valence-corrected chi connectivity index (χ4v) is 18.4. The number of methoxy groups -OCH3 is 1. The summed E-state index contributed by atoms with van der Waals surface area (Å²) in [6.45, 7) is 22.8. The van der Waals surface area contributed by atoms with Gasteiger partial charge in [0.15, 0.2) is 24.0 Å². The third-order valence-corrected chi connectivity index (χ3v) is 26.2. The zero-order valence-electron chi connectivity index (χ0n) is 77.1. The number of phenolic OH excluding ortho intramolecular Hbond substituents is 2. The molecule has 0 radical (unpaired) electrons. The van der Waals surface area contributed by atoms with Crippen LogP contribution in [0.15, 0.2) is 136 Å². The lowest BCUT2D eigenvalue weighted by atomic mass is 9.78. The van der Waals surface area contributed by atoms with Crippen LogP contribution in [0, 0.1) is 36.5 Å². The number of para-hydroxylation sites is 2. The Kier molecular flexibility index (Phi) is 34.0. The van der Waals surface area contributed by atoms with E-state index < -0.39 is 193 Å². The van der Waals surface area contributed by atoms with E-state index in [1.165, 1.54) is 27.2 Å². The van der Waals surface area contributed by atoms with Crippen LogP contribution in [0.3, 0.4) is 0 Å². The second-order valence-electron chi connectivity index (χ2n) is 36.4. The lowest BCUT2D eigenvalue weighted by Crippen LogP contribution is -2.69. The number of piperidine rings is 1. The van der Waals surface area contributed by atoms with Crippen molar-refractivity contribution >= 4 is 85.6 Å². The summed E-state index contributed by atoms with van der Waals surface area (Å²) >= 11 is 12.2. The Labute approximate surface area is 785 Å². The summed E-state index contributed by atoms with van der Waals surface area (Å²) in [4.78, 5) is 76.1. The predicted octanol–water partition coefficient (Wildman–Crippen LogP) is 3.82. The highest BCUT2D eigenvalue weighted by molar-refractivity contribution is 6.31. The van der Waals surface area contributed by atoms with Crippen molar-refractivity contribution in [3.8, 4) is 34.3 Å². The van der Waals surface area contributed by atoms with Gasteiger partial charge in [-0.25, -0.2) is 4.98 Å². The number of aliphatic hydroxyl groups is 10. The third-order valence-electron chi connectivity index (χ3n) is 25.7. The number of carbonyl (C=O) groups excluding carboxylic acids is 4. The molecule has 7 aliphatic heterocycles. The Balaban J connectivity index is 0.000000192. The minimum atomic E-state index is -1.96. The number of likely N-dealkylation sites (tertiary alicyclic amines) is 1. The molecule has 14 rings (SSSR count). The van der Waals surface area contributed by atoms with Gasteiger partial charge in [-0.05, 0) is 132 Å². The van der Waals surface area contributed by atoms with E-state index in [9.17, 15) is 80.5 Å². The molecular weight excluding hydrogens is 1780 g/mol. The zero-order chi connectivity index (χ0) is 97.7. The molecule has 25 atom stereocenters. The minimum absolute atomic E-state index is 0.0101. The van der Waals surface area contributed by atoms with Crippen LogP contribution in [0.4, 0.5) is 17.1 Å². The van der Waals surface area contributed by atoms with E-state index in [2.05, 4.69) is 71.3 Å². The molecule has 2 amide bonds. The largest absolute Gasteiger partial charge is 0.507 e. The van der Waals surface area contributed by atoms with Crippen molar-refractivity contribution in [1.82, 2.24) is 19.8 Å². The number of allylic oxidation sites excluding steroid dienone is 2. The molecule has 2 aliphatic carbocycles. The number of nitrogens with two attached hydrogens (primary N) is 4. The van der Waals surface area contributed by atoms with Crippen molar-refractivity contribution in [3.05, 3.63) is 158 Å². The minimum Gasteiger partial charge on any atom is -0.507 e. The van der Waals surface area contributed by atoms with Gasteiger partial charge in [-0.3, -0.25) is 34.2 Å². The summed E-state index contributed by atoms with van der Waals surface area (Å²) < 4.78 is 48.7. The van der Waals surface area contributed by atoms with Gasteiger partial charge in [0.1, 0.15) is 95.8 Å².